The molecule has 0 saturated heterocycles. The van der Waals surface area contributed by atoms with E-state index in [9.17, 15) is 9.18 Å². The first-order valence-corrected chi connectivity index (χ1v) is 5.27. The van der Waals surface area contributed by atoms with Crippen LogP contribution in [0.2, 0.25) is 0 Å². The largest absolute Gasteiger partial charge is 0.467 e. The van der Waals surface area contributed by atoms with Gasteiger partial charge in [-0.05, 0) is 29.8 Å². The Morgan fingerprint density at radius 2 is 2.18 bits per heavy atom. The molecular formula is C13H12FNO2. The van der Waals surface area contributed by atoms with Gasteiger partial charge in [-0.2, -0.15) is 0 Å². The van der Waals surface area contributed by atoms with E-state index < -0.39 is 0 Å². The van der Waals surface area contributed by atoms with Crippen LogP contribution in [-0.4, -0.2) is 5.91 Å². The zero-order valence-electron chi connectivity index (χ0n) is 9.15. The molecule has 2 aromatic rings. The van der Waals surface area contributed by atoms with Gasteiger partial charge in [-0.15, -0.1) is 0 Å². The molecule has 1 amide bonds. The maximum Gasteiger partial charge on any atom is 0.224 e. The second-order valence-electron chi connectivity index (χ2n) is 3.66. The summed E-state index contributed by atoms with van der Waals surface area (Å²) < 4.78 is 18.0. The molecule has 17 heavy (non-hydrogen) atoms. The minimum absolute atomic E-state index is 0.160. The summed E-state index contributed by atoms with van der Waals surface area (Å²) in [7, 11) is 0. The van der Waals surface area contributed by atoms with Crippen molar-refractivity contribution in [3.8, 4) is 0 Å². The van der Waals surface area contributed by atoms with Crippen molar-refractivity contribution in [3.05, 3.63) is 59.8 Å². The Morgan fingerprint density at radius 1 is 1.29 bits per heavy atom. The Labute approximate surface area is 98.3 Å². The van der Waals surface area contributed by atoms with E-state index in [1.165, 1.54) is 12.1 Å². The summed E-state index contributed by atoms with van der Waals surface area (Å²) >= 11 is 0. The predicted octanol–water partition coefficient (Wildman–Crippen LogP) is 2.28. The molecule has 0 bridgehead atoms. The van der Waals surface area contributed by atoms with Gasteiger partial charge in [0.1, 0.15) is 11.6 Å². The lowest BCUT2D eigenvalue weighted by Gasteiger charge is -2.03. The SMILES string of the molecule is O=C(Cc1cccc(F)c1)NCc1ccco1. The monoisotopic (exact) mass is 233 g/mol. The maximum atomic E-state index is 12.9. The maximum absolute atomic E-state index is 12.9. The number of furan rings is 1. The van der Waals surface area contributed by atoms with Crippen LogP contribution in [0.25, 0.3) is 0 Å². The van der Waals surface area contributed by atoms with Crippen molar-refractivity contribution in [3.63, 3.8) is 0 Å². The molecule has 4 heteroatoms. The molecule has 0 aliphatic carbocycles. The first kappa shape index (κ1) is 11.4. The second kappa shape index (κ2) is 5.30. The van der Waals surface area contributed by atoms with Gasteiger partial charge in [-0.1, -0.05) is 12.1 Å². The second-order valence-corrected chi connectivity index (χ2v) is 3.66. The molecule has 0 aliphatic rings. The number of halogens is 1. The van der Waals surface area contributed by atoms with Gasteiger partial charge in [-0.3, -0.25) is 4.79 Å². The van der Waals surface area contributed by atoms with Crippen molar-refractivity contribution in [2.75, 3.05) is 0 Å². The van der Waals surface area contributed by atoms with Crippen LogP contribution in [0.4, 0.5) is 4.39 Å². The minimum atomic E-state index is -0.332. The van der Waals surface area contributed by atoms with E-state index in [0.717, 1.165) is 0 Å². The lowest BCUT2D eigenvalue weighted by molar-refractivity contribution is -0.120. The third-order valence-corrected chi connectivity index (χ3v) is 2.29. The van der Waals surface area contributed by atoms with Crippen LogP contribution in [0.3, 0.4) is 0 Å². The Kier molecular flexibility index (Phi) is 3.55. The molecule has 0 aliphatic heterocycles. The molecule has 0 unspecified atom stereocenters. The van der Waals surface area contributed by atoms with Gasteiger partial charge in [0.05, 0.1) is 19.2 Å². The number of hydrogen-bond acceptors (Lipinski definition) is 2. The molecule has 0 saturated carbocycles. The van der Waals surface area contributed by atoms with Crippen molar-refractivity contribution in [2.24, 2.45) is 0 Å². The summed E-state index contributed by atoms with van der Waals surface area (Å²) in [5.74, 6) is 0.200. The third-order valence-electron chi connectivity index (χ3n) is 2.29. The Morgan fingerprint density at radius 3 is 2.88 bits per heavy atom. The molecule has 0 fully saturated rings. The zero-order valence-corrected chi connectivity index (χ0v) is 9.15. The molecule has 1 aromatic heterocycles. The molecule has 1 heterocycles. The smallest absolute Gasteiger partial charge is 0.224 e. The highest BCUT2D eigenvalue weighted by molar-refractivity contribution is 5.78. The molecule has 0 spiro atoms. The van der Waals surface area contributed by atoms with E-state index in [-0.39, 0.29) is 18.1 Å². The summed E-state index contributed by atoms with van der Waals surface area (Å²) in [6, 6.07) is 9.55. The van der Waals surface area contributed by atoms with E-state index in [1.54, 1.807) is 30.5 Å². The molecule has 1 aromatic carbocycles. The number of carbonyl (C=O) groups is 1. The van der Waals surface area contributed by atoms with Gasteiger partial charge in [-0.25, -0.2) is 4.39 Å². The van der Waals surface area contributed by atoms with Crippen LogP contribution in [-0.2, 0) is 17.8 Å². The average molecular weight is 233 g/mol. The van der Waals surface area contributed by atoms with Crippen molar-refractivity contribution in [1.29, 1.82) is 0 Å². The van der Waals surface area contributed by atoms with Crippen LogP contribution in [0.15, 0.2) is 47.1 Å². The van der Waals surface area contributed by atoms with Gasteiger partial charge in [0, 0.05) is 0 Å². The predicted molar refractivity (Wildman–Crippen MR) is 60.7 cm³/mol. The van der Waals surface area contributed by atoms with Gasteiger partial charge in [0.25, 0.3) is 0 Å². The van der Waals surface area contributed by atoms with Crippen molar-refractivity contribution in [2.45, 2.75) is 13.0 Å². The number of benzene rings is 1. The summed E-state index contributed by atoms with van der Waals surface area (Å²) in [5.41, 5.74) is 0.655. The number of rotatable bonds is 4. The van der Waals surface area contributed by atoms with Gasteiger partial charge >= 0.3 is 0 Å². The van der Waals surface area contributed by atoms with E-state index >= 15 is 0 Å². The van der Waals surface area contributed by atoms with Crippen molar-refractivity contribution >= 4 is 5.91 Å². The lowest BCUT2D eigenvalue weighted by atomic mass is 10.1. The zero-order chi connectivity index (χ0) is 12.1. The molecule has 0 radical (unpaired) electrons. The van der Waals surface area contributed by atoms with Crippen LogP contribution in [0.1, 0.15) is 11.3 Å². The fourth-order valence-electron chi connectivity index (χ4n) is 1.49. The molecular weight excluding hydrogens is 221 g/mol. The Hall–Kier alpha value is -2.10. The normalized spacial score (nSPS) is 10.2. The fraction of sp³-hybridized carbons (Fsp3) is 0.154. The highest BCUT2D eigenvalue weighted by Crippen LogP contribution is 2.04. The fourth-order valence-corrected chi connectivity index (χ4v) is 1.49. The highest BCUT2D eigenvalue weighted by Gasteiger charge is 2.04. The van der Waals surface area contributed by atoms with E-state index in [1.807, 2.05) is 0 Å². The van der Waals surface area contributed by atoms with Gasteiger partial charge in [0.2, 0.25) is 5.91 Å². The van der Waals surface area contributed by atoms with Crippen LogP contribution < -0.4 is 5.32 Å². The number of hydrogen-bond donors (Lipinski definition) is 1. The van der Waals surface area contributed by atoms with Crippen molar-refractivity contribution < 1.29 is 13.6 Å². The Bertz CT molecular complexity index is 494. The van der Waals surface area contributed by atoms with Gasteiger partial charge in [0.15, 0.2) is 0 Å². The standard InChI is InChI=1S/C13H12FNO2/c14-11-4-1-3-10(7-11)8-13(16)15-9-12-5-2-6-17-12/h1-7H,8-9H2,(H,15,16). The van der Waals surface area contributed by atoms with E-state index in [4.69, 9.17) is 4.42 Å². The minimum Gasteiger partial charge on any atom is -0.467 e. The molecule has 1 N–H and O–H groups in total. The summed E-state index contributed by atoms with van der Waals surface area (Å²) in [6.07, 6.45) is 1.71. The topological polar surface area (TPSA) is 42.2 Å². The molecule has 2 rings (SSSR count). The summed E-state index contributed by atoms with van der Waals surface area (Å²) in [5, 5.41) is 2.70. The summed E-state index contributed by atoms with van der Waals surface area (Å²) in [4.78, 5) is 11.5. The number of nitrogens with one attached hydrogen (secondary N) is 1. The molecule has 3 nitrogen and oxygen atoms in total. The first-order valence-electron chi connectivity index (χ1n) is 5.27. The average Bonchev–Trinajstić information content (AvgIpc) is 2.79. The first-order chi connectivity index (χ1) is 8.24. The number of amides is 1. The van der Waals surface area contributed by atoms with Crippen LogP contribution >= 0.6 is 0 Å². The van der Waals surface area contributed by atoms with Crippen LogP contribution in [0, 0.1) is 5.82 Å². The highest BCUT2D eigenvalue weighted by atomic mass is 19.1. The van der Waals surface area contributed by atoms with Crippen molar-refractivity contribution in [1.82, 2.24) is 5.32 Å². The quantitative estimate of drug-likeness (QED) is 0.880. The van der Waals surface area contributed by atoms with E-state index in [0.29, 0.717) is 17.9 Å². The summed E-state index contributed by atoms with van der Waals surface area (Å²) in [6.45, 7) is 0.348. The van der Waals surface area contributed by atoms with E-state index in [2.05, 4.69) is 5.32 Å². The van der Waals surface area contributed by atoms with Gasteiger partial charge < -0.3 is 9.73 Å². The van der Waals surface area contributed by atoms with Crippen LogP contribution in [0.5, 0.6) is 0 Å². The Balaban J connectivity index is 1.85. The molecule has 0 atom stereocenters. The third kappa shape index (κ3) is 3.45. The molecule has 88 valence electrons. The lowest BCUT2D eigenvalue weighted by Crippen LogP contribution is -2.24. The number of carbonyl (C=O) groups excluding carboxylic acids is 1.